The van der Waals surface area contributed by atoms with Crippen molar-refractivity contribution in [1.82, 2.24) is 0 Å². The van der Waals surface area contributed by atoms with Gasteiger partial charge in [0.05, 0.1) is 11.3 Å². The van der Waals surface area contributed by atoms with Crippen LogP contribution in [0, 0.1) is 0 Å². The van der Waals surface area contributed by atoms with Gasteiger partial charge in [0.15, 0.2) is 0 Å². The second-order valence-electron chi connectivity index (χ2n) is 4.42. The van der Waals surface area contributed by atoms with Gasteiger partial charge in [-0.1, -0.05) is 24.3 Å². The summed E-state index contributed by atoms with van der Waals surface area (Å²) in [5, 5.41) is 2.66. The van der Waals surface area contributed by atoms with E-state index in [0.29, 0.717) is 11.3 Å². The molecular weight excluding hydrogens is 359 g/mol. The van der Waals surface area contributed by atoms with Gasteiger partial charge in [0, 0.05) is 10.5 Å². The molecule has 6 heteroatoms. The van der Waals surface area contributed by atoms with Crippen LogP contribution in [0.3, 0.4) is 0 Å². The van der Waals surface area contributed by atoms with Crippen LogP contribution >= 0.6 is 15.9 Å². The van der Waals surface area contributed by atoms with Gasteiger partial charge in [-0.25, -0.2) is 0 Å². The second kappa shape index (κ2) is 6.79. The van der Waals surface area contributed by atoms with E-state index in [4.69, 9.17) is 0 Å². The maximum Gasteiger partial charge on any atom is 0.416 e. The average Bonchev–Trinajstić information content (AvgIpc) is 2.47. The maximum atomic E-state index is 12.4. The van der Waals surface area contributed by atoms with Crippen molar-refractivity contribution >= 4 is 33.6 Å². The number of nitrogens with one attached hydrogen (secondary N) is 1. The molecule has 0 aromatic heterocycles. The van der Waals surface area contributed by atoms with Crippen molar-refractivity contribution in [2.75, 3.05) is 5.32 Å². The molecule has 2 rings (SSSR count). The molecule has 22 heavy (non-hydrogen) atoms. The minimum atomic E-state index is -4.36. The van der Waals surface area contributed by atoms with Crippen LogP contribution in [0.4, 0.5) is 18.9 Å². The lowest BCUT2D eigenvalue weighted by atomic mass is 10.1. The van der Waals surface area contributed by atoms with E-state index < -0.39 is 11.7 Å². The number of rotatable bonds is 3. The number of halogens is 4. The third-order valence-electron chi connectivity index (χ3n) is 2.80. The summed E-state index contributed by atoms with van der Waals surface area (Å²) in [7, 11) is 0. The van der Waals surface area contributed by atoms with E-state index in [1.807, 2.05) is 6.07 Å². The van der Waals surface area contributed by atoms with Crippen molar-refractivity contribution < 1.29 is 18.0 Å². The zero-order valence-corrected chi connectivity index (χ0v) is 12.8. The lowest BCUT2D eigenvalue weighted by Crippen LogP contribution is -2.08. The third kappa shape index (κ3) is 4.46. The zero-order valence-electron chi connectivity index (χ0n) is 11.2. The van der Waals surface area contributed by atoms with Crippen molar-refractivity contribution in [3.05, 3.63) is 70.2 Å². The molecular formula is C16H11BrF3NO. The fraction of sp³-hybridized carbons (Fsp3) is 0.0625. The fourth-order valence-corrected chi connectivity index (χ4v) is 2.08. The van der Waals surface area contributed by atoms with Crippen molar-refractivity contribution in [3.8, 4) is 0 Å². The second-order valence-corrected chi connectivity index (χ2v) is 5.28. The molecule has 0 heterocycles. The van der Waals surface area contributed by atoms with Gasteiger partial charge < -0.3 is 5.32 Å². The summed E-state index contributed by atoms with van der Waals surface area (Å²) < 4.78 is 38.0. The van der Waals surface area contributed by atoms with E-state index in [9.17, 15) is 18.0 Å². The van der Waals surface area contributed by atoms with Gasteiger partial charge in [-0.2, -0.15) is 13.2 Å². The van der Waals surface area contributed by atoms with Gasteiger partial charge in [-0.3, -0.25) is 4.79 Å². The molecule has 0 atom stereocenters. The van der Waals surface area contributed by atoms with Crippen molar-refractivity contribution in [3.63, 3.8) is 0 Å². The summed E-state index contributed by atoms with van der Waals surface area (Å²) >= 11 is 3.30. The fourth-order valence-electron chi connectivity index (χ4n) is 1.69. The topological polar surface area (TPSA) is 29.1 Å². The first kappa shape index (κ1) is 16.3. The summed E-state index contributed by atoms with van der Waals surface area (Å²) in [5.74, 6) is -0.369. The lowest BCUT2D eigenvalue weighted by Gasteiger charge is -2.06. The summed E-state index contributed by atoms with van der Waals surface area (Å²) in [5.41, 5.74) is 0.405. The van der Waals surface area contributed by atoms with Crippen LogP contribution < -0.4 is 5.32 Å². The van der Waals surface area contributed by atoms with Crippen LogP contribution in [0.1, 0.15) is 11.1 Å². The molecule has 0 aliphatic rings. The van der Waals surface area contributed by atoms with Gasteiger partial charge in [-0.15, -0.1) is 0 Å². The van der Waals surface area contributed by atoms with Crippen LogP contribution in [0.15, 0.2) is 59.1 Å². The first-order valence-corrected chi connectivity index (χ1v) is 7.06. The largest absolute Gasteiger partial charge is 0.416 e. The number of hydrogen-bond acceptors (Lipinski definition) is 1. The van der Waals surface area contributed by atoms with Crippen LogP contribution in [-0.4, -0.2) is 5.91 Å². The van der Waals surface area contributed by atoms with E-state index in [0.717, 1.165) is 16.6 Å². The van der Waals surface area contributed by atoms with E-state index in [2.05, 4.69) is 21.2 Å². The quantitative estimate of drug-likeness (QED) is 0.747. The van der Waals surface area contributed by atoms with Gasteiger partial charge in [-0.05, 0) is 51.8 Å². The Balaban J connectivity index is 2.02. The molecule has 0 saturated heterocycles. The minimum Gasteiger partial charge on any atom is -0.321 e. The Labute approximate surface area is 133 Å². The molecule has 0 unspecified atom stereocenters. The maximum absolute atomic E-state index is 12.4. The van der Waals surface area contributed by atoms with Crippen molar-refractivity contribution in [1.29, 1.82) is 0 Å². The summed E-state index contributed by atoms with van der Waals surface area (Å²) in [4.78, 5) is 11.8. The highest BCUT2D eigenvalue weighted by molar-refractivity contribution is 9.10. The predicted molar refractivity (Wildman–Crippen MR) is 83.2 cm³/mol. The smallest absolute Gasteiger partial charge is 0.321 e. The first-order chi connectivity index (χ1) is 10.4. The van der Waals surface area contributed by atoms with Crippen LogP contribution in [0.2, 0.25) is 0 Å². The van der Waals surface area contributed by atoms with Crippen molar-refractivity contribution in [2.24, 2.45) is 0 Å². The molecule has 2 nitrogen and oxygen atoms in total. The average molecular weight is 370 g/mol. The van der Waals surface area contributed by atoms with E-state index >= 15 is 0 Å². The number of hydrogen-bond donors (Lipinski definition) is 1. The minimum absolute atomic E-state index is 0.369. The highest BCUT2D eigenvalue weighted by atomic mass is 79.9. The van der Waals surface area contributed by atoms with Gasteiger partial charge >= 0.3 is 6.18 Å². The lowest BCUT2D eigenvalue weighted by molar-refractivity contribution is -0.137. The Morgan fingerprint density at radius 2 is 1.68 bits per heavy atom. The number of para-hydroxylation sites is 1. The van der Waals surface area contributed by atoms with E-state index in [-0.39, 0.29) is 5.91 Å². The number of carbonyl (C=O) groups excluding carboxylic acids is 1. The van der Waals surface area contributed by atoms with E-state index in [1.165, 1.54) is 24.3 Å². The van der Waals surface area contributed by atoms with Gasteiger partial charge in [0.1, 0.15) is 0 Å². The summed E-state index contributed by atoms with van der Waals surface area (Å²) in [6.45, 7) is 0. The Morgan fingerprint density at radius 3 is 2.27 bits per heavy atom. The van der Waals surface area contributed by atoms with Crippen LogP contribution in [0.5, 0.6) is 0 Å². The van der Waals surface area contributed by atoms with Gasteiger partial charge in [0.2, 0.25) is 5.91 Å². The van der Waals surface area contributed by atoms with Gasteiger partial charge in [0.25, 0.3) is 0 Å². The number of alkyl halides is 3. The number of benzene rings is 2. The normalized spacial score (nSPS) is 11.6. The van der Waals surface area contributed by atoms with E-state index in [1.54, 1.807) is 18.2 Å². The molecule has 0 spiro atoms. The molecule has 0 bridgehead atoms. The molecule has 2 aromatic rings. The molecule has 1 amide bonds. The molecule has 0 aliphatic carbocycles. The molecule has 0 saturated carbocycles. The Hall–Kier alpha value is -2.08. The van der Waals surface area contributed by atoms with Crippen LogP contribution in [0.25, 0.3) is 6.08 Å². The molecule has 0 aliphatic heterocycles. The Kier molecular flexibility index (Phi) is 5.03. The van der Waals surface area contributed by atoms with Crippen molar-refractivity contribution in [2.45, 2.75) is 6.18 Å². The number of amides is 1. The highest BCUT2D eigenvalue weighted by Gasteiger charge is 2.29. The standard InChI is InChI=1S/C16H11BrF3NO/c17-13-3-1-2-4-14(13)21-15(22)10-7-11-5-8-12(9-6-11)16(18,19)20/h1-10H,(H,21,22)/b10-7+. The molecule has 0 radical (unpaired) electrons. The third-order valence-corrected chi connectivity index (χ3v) is 3.49. The monoisotopic (exact) mass is 369 g/mol. The SMILES string of the molecule is O=C(/C=C/c1ccc(C(F)(F)F)cc1)Nc1ccccc1Br. The highest BCUT2D eigenvalue weighted by Crippen LogP contribution is 2.29. The zero-order chi connectivity index (χ0) is 16.2. The summed E-state index contributed by atoms with van der Waals surface area (Å²) in [6, 6.07) is 11.7. The number of carbonyl (C=O) groups is 1. The summed E-state index contributed by atoms with van der Waals surface area (Å²) in [6.07, 6.45) is -1.65. The first-order valence-electron chi connectivity index (χ1n) is 6.27. The molecule has 1 N–H and O–H groups in total. The number of anilines is 1. The molecule has 0 fully saturated rings. The molecule has 114 valence electrons. The Bertz CT molecular complexity index is 693. The van der Waals surface area contributed by atoms with Crippen LogP contribution in [-0.2, 0) is 11.0 Å². The molecule has 2 aromatic carbocycles. The predicted octanol–water partition coefficient (Wildman–Crippen LogP) is 5.12. The Morgan fingerprint density at radius 1 is 1.05 bits per heavy atom.